The summed E-state index contributed by atoms with van der Waals surface area (Å²) < 4.78 is 0.712. The smallest absolute Gasteiger partial charge is 0.171 e. The zero-order valence-corrected chi connectivity index (χ0v) is 8.80. The molecule has 0 bridgehead atoms. The van der Waals surface area contributed by atoms with Gasteiger partial charge in [-0.1, -0.05) is 12.8 Å². The Morgan fingerprint density at radius 3 is 2.69 bits per heavy atom. The van der Waals surface area contributed by atoms with Crippen molar-refractivity contribution in [1.29, 1.82) is 0 Å². The summed E-state index contributed by atoms with van der Waals surface area (Å²) in [5, 5.41) is 0. The van der Waals surface area contributed by atoms with Gasteiger partial charge in [0.15, 0.2) is 6.29 Å². The van der Waals surface area contributed by atoms with Gasteiger partial charge < -0.3 is 4.98 Å². The summed E-state index contributed by atoms with van der Waals surface area (Å²) in [6, 6.07) is 0. The second-order valence-corrected chi connectivity index (χ2v) is 4.21. The van der Waals surface area contributed by atoms with Gasteiger partial charge in [0.05, 0.1) is 0 Å². The molecule has 0 atom stereocenters. The van der Waals surface area contributed by atoms with E-state index in [1.54, 1.807) is 0 Å². The van der Waals surface area contributed by atoms with Crippen LogP contribution >= 0.6 is 15.9 Å². The topological polar surface area (TPSA) is 45.8 Å². The third-order valence-electron chi connectivity index (χ3n) is 2.56. The Balaban J connectivity index is 2.24. The highest BCUT2D eigenvalue weighted by atomic mass is 79.9. The molecule has 1 N–H and O–H groups in total. The standard InChI is InChI=1S/C9H11BrN2O/c10-8-7(5-13)11-9(12-8)6-3-1-2-4-6/h5-6H,1-4H2,(H,11,12). The van der Waals surface area contributed by atoms with Crippen molar-refractivity contribution >= 4 is 22.2 Å². The highest BCUT2D eigenvalue weighted by molar-refractivity contribution is 9.10. The first kappa shape index (κ1) is 8.94. The van der Waals surface area contributed by atoms with Crippen LogP contribution < -0.4 is 0 Å². The molecular weight excluding hydrogens is 232 g/mol. The summed E-state index contributed by atoms with van der Waals surface area (Å²) in [6.45, 7) is 0. The van der Waals surface area contributed by atoms with Crippen molar-refractivity contribution in [2.24, 2.45) is 0 Å². The van der Waals surface area contributed by atoms with E-state index in [2.05, 4.69) is 25.9 Å². The third-order valence-corrected chi connectivity index (χ3v) is 3.16. The van der Waals surface area contributed by atoms with E-state index in [0.717, 1.165) is 12.1 Å². The van der Waals surface area contributed by atoms with Crippen LogP contribution in [0.5, 0.6) is 0 Å². The fourth-order valence-corrected chi connectivity index (χ4v) is 2.24. The summed E-state index contributed by atoms with van der Waals surface area (Å²) in [5.74, 6) is 1.50. The van der Waals surface area contributed by atoms with Gasteiger partial charge in [0, 0.05) is 5.92 Å². The number of aromatic amines is 1. The second-order valence-electron chi connectivity index (χ2n) is 3.42. The number of halogens is 1. The maximum Gasteiger partial charge on any atom is 0.171 e. The molecule has 1 aliphatic carbocycles. The molecular formula is C9H11BrN2O. The molecule has 0 aromatic carbocycles. The number of nitrogens with one attached hydrogen (secondary N) is 1. The highest BCUT2D eigenvalue weighted by Gasteiger charge is 2.21. The van der Waals surface area contributed by atoms with Gasteiger partial charge in [0.25, 0.3) is 0 Å². The summed E-state index contributed by atoms with van der Waals surface area (Å²) >= 11 is 3.28. The summed E-state index contributed by atoms with van der Waals surface area (Å²) in [6.07, 6.45) is 5.72. The van der Waals surface area contributed by atoms with Crippen LogP contribution in [0.25, 0.3) is 0 Å². The second kappa shape index (κ2) is 3.62. The van der Waals surface area contributed by atoms with Crippen molar-refractivity contribution in [2.75, 3.05) is 0 Å². The number of nitrogens with zero attached hydrogens (tertiary/aromatic N) is 1. The molecule has 0 spiro atoms. The predicted molar refractivity (Wildman–Crippen MR) is 52.9 cm³/mol. The van der Waals surface area contributed by atoms with Gasteiger partial charge in [-0.3, -0.25) is 4.79 Å². The molecule has 0 aliphatic heterocycles. The molecule has 0 unspecified atom stereocenters. The highest BCUT2D eigenvalue weighted by Crippen LogP contribution is 2.33. The Labute approximate surface area is 85.1 Å². The van der Waals surface area contributed by atoms with E-state index in [9.17, 15) is 4.79 Å². The average molecular weight is 243 g/mol. The normalized spacial score (nSPS) is 17.9. The maximum atomic E-state index is 10.5. The Hall–Kier alpha value is -0.640. The number of H-pyrrole nitrogens is 1. The molecule has 1 saturated carbocycles. The van der Waals surface area contributed by atoms with Gasteiger partial charge in [-0.15, -0.1) is 0 Å². The Morgan fingerprint density at radius 1 is 1.46 bits per heavy atom. The molecule has 0 amide bonds. The van der Waals surface area contributed by atoms with E-state index in [4.69, 9.17) is 0 Å². The third kappa shape index (κ3) is 1.68. The van der Waals surface area contributed by atoms with Gasteiger partial charge in [-0.25, -0.2) is 4.98 Å². The van der Waals surface area contributed by atoms with E-state index in [1.165, 1.54) is 25.7 Å². The number of aldehydes is 1. The summed E-state index contributed by atoms with van der Waals surface area (Å²) in [4.78, 5) is 17.9. The maximum absolute atomic E-state index is 10.5. The summed E-state index contributed by atoms with van der Waals surface area (Å²) in [5.41, 5.74) is 0.488. The molecule has 0 saturated heterocycles. The van der Waals surface area contributed by atoms with Gasteiger partial charge in [0.1, 0.15) is 16.1 Å². The van der Waals surface area contributed by atoms with Gasteiger partial charge >= 0.3 is 0 Å². The van der Waals surface area contributed by atoms with Crippen molar-refractivity contribution in [3.8, 4) is 0 Å². The SMILES string of the molecule is O=Cc1nc(C2CCCC2)[nH]c1Br. The van der Waals surface area contributed by atoms with Crippen LogP contribution in [-0.4, -0.2) is 16.3 Å². The number of carbonyl (C=O) groups excluding carboxylic acids is 1. The first-order valence-corrected chi connectivity index (χ1v) is 5.31. The fraction of sp³-hybridized carbons (Fsp3) is 0.556. The van der Waals surface area contributed by atoms with Gasteiger partial charge in [-0.05, 0) is 28.8 Å². The average Bonchev–Trinajstić information content (AvgIpc) is 2.71. The zero-order valence-electron chi connectivity index (χ0n) is 7.22. The van der Waals surface area contributed by atoms with E-state index >= 15 is 0 Å². The van der Waals surface area contributed by atoms with E-state index < -0.39 is 0 Å². The monoisotopic (exact) mass is 242 g/mol. The number of rotatable bonds is 2. The number of hydrogen-bond acceptors (Lipinski definition) is 2. The summed E-state index contributed by atoms with van der Waals surface area (Å²) in [7, 11) is 0. The van der Waals surface area contributed by atoms with Crippen LogP contribution in [0.15, 0.2) is 4.60 Å². The van der Waals surface area contributed by atoms with Crippen LogP contribution in [0, 0.1) is 0 Å². The molecule has 3 nitrogen and oxygen atoms in total. The van der Waals surface area contributed by atoms with Crippen molar-refractivity contribution in [3.63, 3.8) is 0 Å². The minimum absolute atomic E-state index is 0.488. The van der Waals surface area contributed by atoms with Crippen LogP contribution in [0.2, 0.25) is 0 Å². The largest absolute Gasteiger partial charge is 0.336 e. The molecule has 1 aromatic heterocycles. The predicted octanol–water partition coefficient (Wildman–Crippen LogP) is 2.64. The Bertz CT molecular complexity index is 315. The lowest BCUT2D eigenvalue weighted by Gasteiger charge is -2.02. The lowest BCUT2D eigenvalue weighted by atomic mass is 10.1. The van der Waals surface area contributed by atoms with Crippen molar-refractivity contribution in [3.05, 3.63) is 16.1 Å². The van der Waals surface area contributed by atoms with E-state index in [0.29, 0.717) is 16.2 Å². The minimum Gasteiger partial charge on any atom is -0.336 e. The molecule has 13 heavy (non-hydrogen) atoms. The Kier molecular flexibility index (Phi) is 2.49. The molecule has 70 valence electrons. The molecule has 2 rings (SSSR count). The van der Waals surface area contributed by atoms with E-state index in [-0.39, 0.29) is 0 Å². The minimum atomic E-state index is 0.488. The quantitative estimate of drug-likeness (QED) is 0.811. The van der Waals surface area contributed by atoms with Crippen LogP contribution in [0.3, 0.4) is 0 Å². The molecule has 1 aromatic rings. The van der Waals surface area contributed by atoms with E-state index in [1.807, 2.05) is 0 Å². The lowest BCUT2D eigenvalue weighted by molar-refractivity contribution is 0.111. The molecule has 1 aliphatic rings. The number of imidazole rings is 1. The van der Waals surface area contributed by atoms with Crippen LogP contribution in [0.1, 0.15) is 47.9 Å². The number of hydrogen-bond donors (Lipinski definition) is 1. The van der Waals surface area contributed by atoms with Crippen molar-refractivity contribution < 1.29 is 4.79 Å². The Morgan fingerprint density at radius 2 is 2.15 bits per heavy atom. The lowest BCUT2D eigenvalue weighted by Crippen LogP contribution is -1.94. The molecule has 0 radical (unpaired) electrons. The first-order chi connectivity index (χ1) is 6.31. The zero-order chi connectivity index (χ0) is 9.26. The van der Waals surface area contributed by atoms with Crippen molar-refractivity contribution in [1.82, 2.24) is 9.97 Å². The van der Waals surface area contributed by atoms with Crippen LogP contribution in [-0.2, 0) is 0 Å². The molecule has 1 fully saturated rings. The number of aromatic nitrogens is 2. The number of carbonyl (C=O) groups is 1. The molecule has 4 heteroatoms. The fourth-order valence-electron chi connectivity index (χ4n) is 1.85. The first-order valence-electron chi connectivity index (χ1n) is 4.52. The van der Waals surface area contributed by atoms with Gasteiger partial charge in [-0.2, -0.15) is 0 Å². The molecule has 1 heterocycles. The van der Waals surface area contributed by atoms with Crippen LogP contribution in [0.4, 0.5) is 0 Å². The van der Waals surface area contributed by atoms with Gasteiger partial charge in [0.2, 0.25) is 0 Å². The van der Waals surface area contributed by atoms with Crippen molar-refractivity contribution in [2.45, 2.75) is 31.6 Å².